The zero-order valence-electron chi connectivity index (χ0n) is 10.3. The molecule has 0 bridgehead atoms. The zero-order chi connectivity index (χ0) is 14.0. The van der Waals surface area contributed by atoms with Gasteiger partial charge in [0.05, 0.1) is 18.4 Å². The van der Waals surface area contributed by atoms with E-state index in [1.165, 1.54) is 25.3 Å². The van der Waals surface area contributed by atoms with Crippen LogP contribution in [-0.4, -0.2) is 23.0 Å². The minimum absolute atomic E-state index is 0.116. The molecule has 0 amide bonds. The van der Waals surface area contributed by atoms with Crippen LogP contribution in [0.2, 0.25) is 5.15 Å². The van der Waals surface area contributed by atoms with E-state index in [9.17, 15) is 9.18 Å². The van der Waals surface area contributed by atoms with Crippen LogP contribution in [0.5, 0.6) is 0 Å². The molecule has 6 heteroatoms. The number of benzene rings is 1. The molecule has 0 saturated carbocycles. The van der Waals surface area contributed by atoms with Gasteiger partial charge in [-0.2, -0.15) is 0 Å². The molecule has 2 rings (SSSR count). The van der Waals surface area contributed by atoms with Gasteiger partial charge >= 0.3 is 5.97 Å². The summed E-state index contributed by atoms with van der Waals surface area (Å²) in [5, 5.41) is 0.256. The number of methoxy groups -OCH3 is 1. The Labute approximate surface area is 114 Å². The van der Waals surface area contributed by atoms with E-state index in [2.05, 4.69) is 14.7 Å². The summed E-state index contributed by atoms with van der Waals surface area (Å²) in [5.41, 5.74) is 1.000. The average molecular weight is 281 g/mol. The Kier molecular flexibility index (Phi) is 3.76. The first-order valence-electron chi connectivity index (χ1n) is 5.40. The lowest BCUT2D eigenvalue weighted by molar-refractivity contribution is 0.0600. The van der Waals surface area contributed by atoms with E-state index < -0.39 is 11.8 Å². The summed E-state index contributed by atoms with van der Waals surface area (Å²) in [7, 11) is 1.23. The summed E-state index contributed by atoms with van der Waals surface area (Å²) >= 11 is 5.83. The fraction of sp³-hybridized carbons (Fsp3) is 0.154. The highest BCUT2D eigenvalue weighted by molar-refractivity contribution is 6.29. The van der Waals surface area contributed by atoms with Crippen molar-refractivity contribution in [1.29, 1.82) is 0 Å². The van der Waals surface area contributed by atoms with E-state index in [-0.39, 0.29) is 10.7 Å². The Hall–Kier alpha value is -2.01. The number of carbonyl (C=O) groups is 1. The van der Waals surface area contributed by atoms with Gasteiger partial charge in [0.25, 0.3) is 0 Å². The summed E-state index contributed by atoms with van der Waals surface area (Å²) in [6.45, 7) is 1.68. The second kappa shape index (κ2) is 5.32. The van der Waals surface area contributed by atoms with E-state index in [4.69, 9.17) is 11.6 Å². The van der Waals surface area contributed by atoms with Gasteiger partial charge < -0.3 is 4.74 Å². The molecule has 0 radical (unpaired) electrons. The maximum absolute atomic E-state index is 13.5. The highest BCUT2D eigenvalue weighted by atomic mass is 35.5. The summed E-state index contributed by atoms with van der Waals surface area (Å²) < 4.78 is 18.1. The molecule has 1 aromatic heterocycles. The third-order valence-corrected chi connectivity index (χ3v) is 2.61. The summed E-state index contributed by atoms with van der Waals surface area (Å²) in [4.78, 5) is 19.5. The Bertz CT molecular complexity index is 626. The molecular weight excluding hydrogens is 271 g/mol. The van der Waals surface area contributed by atoms with E-state index >= 15 is 0 Å². The van der Waals surface area contributed by atoms with Crippen molar-refractivity contribution in [2.45, 2.75) is 6.92 Å². The summed E-state index contributed by atoms with van der Waals surface area (Å²) in [6.07, 6.45) is 0. The van der Waals surface area contributed by atoms with Crippen LogP contribution in [0.1, 0.15) is 16.2 Å². The minimum atomic E-state index is -0.613. The van der Waals surface area contributed by atoms with Crippen molar-refractivity contribution in [1.82, 2.24) is 9.97 Å². The fourth-order valence-electron chi connectivity index (χ4n) is 1.65. The minimum Gasteiger partial charge on any atom is -0.465 e. The predicted octanol–water partition coefficient (Wildman–Crippen LogP) is 3.03. The van der Waals surface area contributed by atoms with Crippen molar-refractivity contribution in [2.24, 2.45) is 0 Å². The monoisotopic (exact) mass is 280 g/mol. The van der Waals surface area contributed by atoms with E-state index in [1.807, 2.05) is 0 Å². The molecule has 98 valence electrons. The SMILES string of the molecule is COC(=O)c1cc(F)cc(-c2cc(Cl)nc(C)n2)c1. The van der Waals surface area contributed by atoms with Crippen molar-refractivity contribution >= 4 is 17.6 Å². The van der Waals surface area contributed by atoms with Crippen molar-refractivity contribution in [3.05, 3.63) is 46.6 Å². The molecule has 0 saturated heterocycles. The lowest BCUT2D eigenvalue weighted by Gasteiger charge is -2.06. The van der Waals surface area contributed by atoms with Gasteiger partial charge in [-0.25, -0.2) is 19.2 Å². The molecule has 0 aliphatic heterocycles. The van der Waals surface area contributed by atoms with Crippen LogP contribution < -0.4 is 0 Å². The molecule has 0 aliphatic rings. The average Bonchev–Trinajstić information content (AvgIpc) is 2.36. The molecule has 4 nitrogen and oxygen atoms in total. The Morgan fingerprint density at radius 1 is 1.26 bits per heavy atom. The first kappa shape index (κ1) is 13.4. The van der Waals surface area contributed by atoms with Gasteiger partial charge in [-0.15, -0.1) is 0 Å². The molecular formula is C13H10ClFN2O2. The second-order valence-electron chi connectivity index (χ2n) is 3.84. The molecule has 2 aromatic rings. The summed E-state index contributed by atoms with van der Waals surface area (Å²) in [5.74, 6) is -0.700. The number of halogens is 2. The topological polar surface area (TPSA) is 52.1 Å². The molecule has 0 fully saturated rings. The highest BCUT2D eigenvalue weighted by Gasteiger charge is 2.11. The first-order chi connectivity index (χ1) is 8.99. The van der Waals surface area contributed by atoms with E-state index in [0.717, 1.165) is 6.07 Å². The predicted molar refractivity (Wildman–Crippen MR) is 68.5 cm³/mol. The van der Waals surface area contributed by atoms with Gasteiger partial charge in [-0.1, -0.05) is 11.6 Å². The standard InChI is InChI=1S/C13H10ClFN2O2/c1-7-16-11(6-12(14)17-7)8-3-9(13(18)19-2)5-10(15)4-8/h3-6H,1-2H3. The van der Waals surface area contributed by atoms with Crippen LogP contribution in [0.4, 0.5) is 4.39 Å². The number of nitrogens with zero attached hydrogens (tertiary/aromatic N) is 2. The van der Waals surface area contributed by atoms with Crippen molar-refractivity contribution in [3.8, 4) is 11.3 Å². The molecule has 0 N–H and O–H groups in total. The number of esters is 1. The van der Waals surface area contributed by atoms with Crippen LogP contribution >= 0.6 is 11.6 Å². The Morgan fingerprint density at radius 3 is 2.63 bits per heavy atom. The maximum atomic E-state index is 13.5. The number of carbonyl (C=O) groups excluding carboxylic acids is 1. The third kappa shape index (κ3) is 3.06. The Morgan fingerprint density at radius 2 is 2.00 bits per heavy atom. The van der Waals surface area contributed by atoms with Crippen LogP contribution in [0.15, 0.2) is 24.3 Å². The van der Waals surface area contributed by atoms with E-state index in [0.29, 0.717) is 17.1 Å². The number of aryl methyl sites for hydroxylation is 1. The third-order valence-electron chi connectivity index (χ3n) is 2.42. The van der Waals surface area contributed by atoms with Gasteiger partial charge in [0.1, 0.15) is 16.8 Å². The quantitative estimate of drug-likeness (QED) is 0.627. The molecule has 0 aliphatic carbocycles. The molecule has 19 heavy (non-hydrogen) atoms. The van der Waals surface area contributed by atoms with Gasteiger partial charge in [-0.3, -0.25) is 0 Å². The van der Waals surface area contributed by atoms with Crippen LogP contribution in [0.25, 0.3) is 11.3 Å². The molecule has 0 unspecified atom stereocenters. The van der Waals surface area contributed by atoms with Gasteiger partial charge in [0.2, 0.25) is 0 Å². The van der Waals surface area contributed by atoms with Crippen LogP contribution in [0, 0.1) is 12.7 Å². The Balaban J connectivity index is 2.55. The summed E-state index contributed by atoms with van der Waals surface area (Å²) in [6, 6.07) is 5.37. The largest absolute Gasteiger partial charge is 0.465 e. The highest BCUT2D eigenvalue weighted by Crippen LogP contribution is 2.22. The van der Waals surface area contributed by atoms with E-state index in [1.54, 1.807) is 6.92 Å². The number of ether oxygens (including phenoxy) is 1. The zero-order valence-corrected chi connectivity index (χ0v) is 11.0. The molecule has 0 spiro atoms. The number of rotatable bonds is 2. The van der Waals surface area contributed by atoms with Gasteiger partial charge in [-0.05, 0) is 25.1 Å². The number of hydrogen-bond acceptors (Lipinski definition) is 4. The van der Waals surface area contributed by atoms with Crippen molar-refractivity contribution in [3.63, 3.8) is 0 Å². The molecule has 0 atom stereocenters. The maximum Gasteiger partial charge on any atom is 0.337 e. The van der Waals surface area contributed by atoms with Crippen molar-refractivity contribution in [2.75, 3.05) is 7.11 Å². The van der Waals surface area contributed by atoms with Gasteiger partial charge in [0.15, 0.2) is 0 Å². The van der Waals surface area contributed by atoms with Gasteiger partial charge in [0, 0.05) is 11.6 Å². The van der Waals surface area contributed by atoms with Crippen molar-refractivity contribution < 1.29 is 13.9 Å². The number of hydrogen-bond donors (Lipinski definition) is 0. The lowest BCUT2D eigenvalue weighted by Crippen LogP contribution is -2.02. The normalized spacial score (nSPS) is 10.3. The smallest absolute Gasteiger partial charge is 0.337 e. The second-order valence-corrected chi connectivity index (χ2v) is 4.23. The number of aromatic nitrogens is 2. The van der Waals surface area contributed by atoms with Crippen LogP contribution in [0.3, 0.4) is 0 Å². The molecule has 1 heterocycles. The lowest BCUT2D eigenvalue weighted by atomic mass is 10.1. The molecule has 1 aromatic carbocycles. The first-order valence-corrected chi connectivity index (χ1v) is 5.78. The van der Waals surface area contributed by atoms with Crippen LogP contribution in [-0.2, 0) is 4.74 Å². The fourth-order valence-corrected chi connectivity index (χ4v) is 1.88.